The average Bonchev–Trinajstić information content (AvgIpc) is 2.41. The summed E-state index contributed by atoms with van der Waals surface area (Å²) in [5.41, 5.74) is -0.318. The van der Waals surface area contributed by atoms with Gasteiger partial charge in [0.1, 0.15) is 11.3 Å². The van der Waals surface area contributed by atoms with Gasteiger partial charge in [0.25, 0.3) is 10.0 Å². The highest BCUT2D eigenvalue weighted by molar-refractivity contribution is 14.1. The van der Waals surface area contributed by atoms with Gasteiger partial charge in [0.15, 0.2) is 0 Å². The summed E-state index contributed by atoms with van der Waals surface area (Å²) in [6, 6.07) is 9.65. The third-order valence-corrected chi connectivity index (χ3v) is 4.72. The number of nitrogens with one attached hydrogen (secondary N) is 1. The Bertz CT molecular complexity index is 787. The van der Waals surface area contributed by atoms with Crippen LogP contribution in [0.4, 0.5) is 5.69 Å². The fourth-order valence-electron chi connectivity index (χ4n) is 1.60. The van der Waals surface area contributed by atoms with E-state index in [0.29, 0.717) is 0 Å². The maximum Gasteiger partial charge on any atom is 0.339 e. The van der Waals surface area contributed by atoms with E-state index in [9.17, 15) is 18.3 Å². The lowest BCUT2D eigenvalue weighted by Gasteiger charge is -2.09. The summed E-state index contributed by atoms with van der Waals surface area (Å²) in [6.45, 7) is 0. The van der Waals surface area contributed by atoms with Crippen LogP contribution < -0.4 is 4.72 Å². The van der Waals surface area contributed by atoms with Crippen molar-refractivity contribution in [3.63, 3.8) is 0 Å². The number of aromatic carboxylic acids is 1. The van der Waals surface area contributed by atoms with Crippen molar-refractivity contribution < 1.29 is 23.4 Å². The smallest absolute Gasteiger partial charge is 0.339 e. The molecule has 0 heterocycles. The number of hydrogen-bond acceptors (Lipinski definition) is 4. The molecule has 0 atom stereocenters. The highest BCUT2D eigenvalue weighted by Crippen LogP contribution is 2.23. The predicted molar refractivity (Wildman–Crippen MR) is 85.0 cm³/mol. The molecule has 0 spiro atoms. The molecule has 2 aromatic carbocycles. The minimum atomic E-state index is -3.81. The fourth-order valence-corrected chi connectivity index (χ4v) is 3.01. The maximum absolute atomic E-state index is 12.2. The second kappa shape index (κ2) is 5.90. The van der Waals surface area contributed by atoms with E-state index in [1.807, 2.05) is 0 Å². The van der Waals surface area contributed by atoms with E-state index in [1.54, 1.807) is 12.1 Å². The number of carboxylic acids is 1. The van der Waals surface area contributed by atoms with Crippen molar-refractivity contribution >= 4 is 44.3 Å². The zero-order valence-corrected chi connectivity index (χ0v) is 13.4. The molecule has 2 rings (SSSR count). The van der Waals surface area contributed by atoms with Crippen LogP contribution in [0.25, 0.3) is 0 Å². The van der Waals surface area contributed by atoms with E-state index >= 15 is 0 Å². The van der Waals surface area contributed by atoms with Gasteiger partial charge in [-0.15, -0.1) is 0 Å². The van der Waals surface area contributed by atoms with Crippen LogP contribution in [0.5, 0.6) is 5.75 Å². The van der Waals surface area contributed by atoms with Gasteiger partial charge in [-0.2, -0.15) is 0 Å². The van der Waals surface area contributed by atoms with E-state index < -0.39 is 21.7 Å². The molecular formula is C13H10INO5S. The van der Waals surface area contributed by atoms with Crippen LogP contribution in [0.2, 0.25) is 0 Å². The zero-order chi connectivity index (χ0) is 15.6. The molecule has 6 nitrogen and oxygen atoms in total. The fraction of sp³-hybridized carbons (Fsp3) is 0. The lowest BCUT2D eigenvalue weighted by atomic mass is 10.2. The quantitative estimate of drug-likeness (QED) is 0.522. The molecule has 21 heavy (non-hydrogen) atoms. The first-order chi connectivity index (χ1) is 9.79. The van der Waals surface area contributed by atoms with Gasteiger partial charge in [-0.25, -0.2) is 13.2 Å². The Morgan fingerprint density at radius 1 is 1.10 bits per heavy atom. The second-order valence-electron chi connectivity index (χ2n) is 4.10. The topological polar surface area (TPSA) is 104 Å². The van der Waals surface area contributed by atoms with Gasteiger partial charge in [-0.05, 0) is 65.1 Å². The molecule has 0 aliphatic rings. The van der Waals surface area contributed by atoms with Crippen molar-refractivity contribution in [2.24, 2.45) is 0 Å². The number of rotatable bonds is 4. The first-order valence-electron chi connectivity index (χ1n) is 5.64. The Labute approximate surface area is 134 Å². The van der Waals surface area contributed by atoms with Crippen LogP contribution in [0.1, 0.15) is 10.4 Å². The number of halogens is 1. The number of anilines is 1. The Morgan fingerprint density at radius 2 is 1.71 bits per heavy atom. The molecule has 2 aromatic rings. The number of carbonyl (C=O) groups is 1. The number of aromatic hydroxyl groups is 1. The molecule has 0 saturated heterocycles. The van der Waals surface area contributed by atoms with Crippen LogP contribution in [-0.2, 0) is 10.0 Å². The number of carboxylic acid groups (broad SMARTS) is 1. The Morgan fingerprint density at radius 3 is 2.29 bits per heavy atom. The SMILES string of the molecule is O=C(O)c1cc(NS(=O)(=O)c2ccc(I)cc2)ccc1O. The summed E-state index contributed by atoms with van der Waals surface area (Å²) in [7, 11) is -3.81. The largest absolute Gasteiger partial charge is 0.507 e. The zero-order valence-electron chi connectivity index (χ0n) is 10.4. The van der Waals surface area contributed by atoms with Gasteiger partial charge in [0, 0.05) is 9.26 Å². The molecule has 0 aromatic heterocycles. The normalized spacial score (nSPS) is 11.1. The monoisotopic (exact) mass is 419 g/mol. The molecule has 110 valence electrons. The Hall–Kier alpha value is -1.81. The minimum Gasteiger partial charge on any atom is -0.507 e. The van der Waals surface area contributed by atoms with Crippen molar-refractivity contribution in [2.45, 2.75) is 4.90 Å². The first kappa shape index (κ1) is 15.6. The number of benzene rings is 2. The van der Waals surface area contributed by atoms with Crippen molar-refractivity contribution in [3.05, 3.63) is 51.6 Å². The summed E-state index contributed by atoms with van der Waals surface area (Å²) >= 11 is 2.06. The molecule has 0 unspecified atom stereocenters. The average molecular weight is 419 g/mol. The third-order valence-electron chi connectivity index (χ3n) is 2.60. The first-order valence-corrected chi connectivity index (χ1v) is 8.20. The Kier molecular flexibility index (Phi) is 4.37. The molecule has 0 bridgehead atoms. The maximum atomic E-state index is 12.2. The lowest BCUT2D eigenvalue weighted by Crippen LogP contribution is -2.13. The van der Waals surface area contributed by atoms with Gasteiger partial charge >= 0.3 is 5.97 Å². The Balaban J connectivity index is 2.35. The second-order valence-corrected chi connectivity index (χ2v) is 7.02. The van der Waals surface area contributed by atoms with Gasteiger partial charge in [-0.3, -0.25) is 4.72 Å². The standard InChI is InChI=1S/C13H10INO5S/c14-8-1-4-10(5-2-8)21(19,20)15-9-3-6-12(16)11(7-9)13(17)18/h1-7,15-16H,(H,17,18). The molecule has 0 fully saturated rings. The summed E-state index contributed by atoms with van der Waals surface area (Å²) in [4.78, 5) is 11.0. The van der Waals surface area contributed by atoms with Crippen molar-refractivity contribution in [3.8, 4) is 5.75 Å². The molecule has 0 aliphatic carbocycles. The molecule has 0 amide bonds. The summed E-state index contributed by atoms with van der Waals surface area (Å²) in [6.07, 6.45) is 0. The highest BCUT2D eigenvalue weighted by atomic mass is 127. The lowest BCUT2D eigenvalue weighted by molar-refractivity contribution is 0.0694. The van der Waals surface area contributed by atoms with Crippen molar-refractivity contribution in [1.29, 1.82) is 0 Å². The van der Waals surface area contributed by atoms with Crippen LogP contribution in [0.15, 0.2) is 47.4 Å². The van der Waals surface area contributed by atoms with Crippen LogP contribution in [0.3, 0.4) is 0 Å². The number of sulfonamides is 1. The number of hydrogen-bond donors (Lipinski definition) is 3. The van der Waals surface area contributed by atoms with Crippen LogP contribution >= 0.6 is 22.6 Å². The van der Waals surface area contributed by atoms with E-state index in [0.717, 1.165) is 15.7 Å². The molecule has 8 heteroatoms. The predicted octanol–water partition coefficient (Wildman–Crippen LogP) is 2.50. The van der Waals surface area contributed by atoms with E-state index in [2.05, 4.69) is 27.3 Å². The third kappa shape index (κ3) is 3.64. The van der Waals surface area contributed by atoms with E-state index in [1.165, 1.54) is 18.2 Å². The van der Waals surface area contributed by atoms with Crippen molar-refractivity contribution in [2.75, 3.05) is 4.72 Å². The minimum absolute atomic E-state index is 0.0590. The summed E-state index contributed by atoms with van der Waals surface area (Å²) < 4.78 is 27.5. The van der Waals surface area contributed by atoms with Gasteiger partial charge in [0.05, 0.1) is 4.90 Å². The van der Waals surface area contributed by atoms with Crippen LogP contribution in [0, 0.1) is 3.57 Å². The van der Waals surface area contributed by atoms with Crippen LogP contribution in [-0.4, -0.2) is 24.6 Å². The van der Waals surface area contributed by atoms with E-state index in [-0.39, 0.29) is 16.1 Å². The van der Waals surface area contributed by atoms with Gasteiger partial charge < -0.3 is 10.2 Å². The highest BCUT2D eigenvalue weighted by Gasteiger charge is 2.16. The molecule has 0 saturated carbocycles. The molecule has 3 N–H and O–H groups in total. The van der Waals surface area contributed by atoms with Gasteiger partial charge in [-0.1, -0.05) is 0 Å². The van der Waals surface area contributed by atoms with E-state index in [4.69, 9.17) is 5.11 Å². The van der Waals surface area contributed by atoms with Gasteiger partial charge in [0.2, 0.25) is 0 Å². The number of phenols is 1. The summed E-state index contributed by atoms with van der Waals surface area (Å²) in [5, 5.41) is 18.3. The summed E-state index contributed by atoms with van der Waals surface area (Å²) in [5.74, 6) is -1.78. The molecule has 0 radical (unpaired) electrons. The molecule has 0 aliphatic heterocycles. The molecular weight excluding hydrogens is 409 g/mol. The van der Waals surface area contributed by atoms with Crippen molar-refractivity contribution in [1.82, 2.24) is 0 Å².